The highest BCUT2D eigenvalue weighted by Crippen LogP contribution is 2.29. The lowest BCUT2D eigenvalue weighted by Crippen LogP contribution is -2.57. The Morgan fingerprint density at radius 2 is 2.16 bits per heavy atom. The summed E-state index contributed by atoms with van der Waals surface area (Å²) in [4.78, 5) is 24.8. The second-order valence-corrected chi connectivity index (χ2v) is 5.45. The molecule has 0 aliphatic carbocycles. The number of rotatable bonds is 2. The lowest BCUT2D eigenvalue weighted by Gasteiger charge is -2.33. The van der Waals surface area contributed by atoms with E-state index in [9.17, 15) is 14.7 Å². The molecule has 1 aliphatic heterocycles. The summed E-state index contributed by atoms with van der Waals surface area (Å²) in [5, 5.41) is 11.9. The van der Waals surface area contributed by atoms with Gasteiger partial charge in [-0.3, -0.25) is 14.9 Å². The first-order valence-electron chi connectivity index (χ1n) is 5.98. The lowest BCUT2D eigenvalue weighted by atomic mass is 10.1. The third-order valence-corrected chi connectivity index (χ3v) is 3.88. The topological polar surface area (TPSA) is 69.6 Å². The van der Waals surface area contributed by atoms with Gasteiger partial charge >= 0.3 is 0 Å². The van der Waals surface area contributed by atoms with Crippen molar-refractivity contribution in [2.45, 2.75) is 26.0 Å². The number of hydrogen-bond donors (Lipinski definition) is 2. The van der Waals surface area contributed by atoms with Gasteiger partial charge in [-0.2, -0.15) is 0 Å². The minimum atomic E-state index is -0.577. The van der Waals surface area contributed by atoms with Crippen LogP contribution in [0.15, 0.2) is 22.7 Å². The van der Waals surface area contributed by atoms with Crippen LogP contribution in [0.2, 0.25) is 0 Å². The van der Waals surface area contributed by atoms with Crippen molar-refractivity contribution in [3.8, 4) is 0 Å². The standard InChI is InChI=1S/C13H15BrN2O3/c1-7-13(19)15-12(18)6-16(7)9-3-4-10(8(2)17)11(14)5-9/h3-5,7-8,17H,6H2,1-2H3,(H,15,18,19). The SMILES string of the molecule is CC(O)c1ccc(N2CC(=O)NC(=O)C2C)cc1Br. The average Bonchev–Trinajstić information content (AvgIpc) is 2.33. The van der Waals surface area contributed by atoms with Crippen LogP contribution in [0.4, 0.5) is 5.69 Å². The van der Waals surface area contributed by atoms with Gasteiger partial charge in [-0.1, -0.05) is 22.0 Å². The number of amides is 2. The average molecular weight is 327 g/mol. The van der Waals surface area contributed by atoms with Gasteiger partial charge in [0.2, 0.25) is 11.8 Å². The predicted molar refractivity (Wildman–Crippen MR) is 74.7 cm³/mol. The van der Waals surface area contributed by atoms with Crippen molar-refractivity contribution in [2.24, 2.45) is 0 Å². The monoisotopic (exact) mass is 326 g/mol. The zero-order chi connectivity index (χ0) is 14.2. The van der Waals surface area contributed by atoms with Crippen LogP contribution in [0.25, 0.3) is 0 Å². The number of carbonyl (C=O) groups is 2. The first-order valence-corrected chi connectivity index (χ1v) is 6.77. The zero-order valence-corrected chi connectivity index (χ0v) is 12.3. The fraction of sp³-hybridized carbons (Fsp3) is 0.385. The molecule has 5 nitrogen and oxygen atoms in total. The van der Waals surface area contributed by atoms with Crippen LogP contribution in [0.3, 0.4) is 0 Å². The van der Waals surface area contributed by atoms with Crippen molar-refractivity contribution in [1.29, 1.82) is 0 Å². The summed E-state index contributed by atoms with van der Waals surface area (Å²) < 4.78 is 0.755. The number of hydrogen-bond acceptors (Lipinski definition) is 4. The summed E-state index contributed by atoms with van der Waals surface area (Å²) in [6.07, 6.45) is -0.577. The smallest absolute Gasteiger partial charge is 0.249 e. The predicted octanol–water partition coefficient (Wildman–Crippen LogP) is 1.35. The highest BCUT2D eigenvalue weighted by Gasteiger charge is 2.30. The summed E-state index contributed by atoms with van der Waals surface area (Å²) >= 11 is 3.39. The molecular formula is C13H15BrN2O3. The van der Waals surface area contributed by atoms with Crippen LogP contribution in [0.5, 0.6) is 0 Å². The number of piperazine rings is 1. The number of aliphatic hydroxyl groups is 1. The number of benzene rings is 1. The van der Waals surface area contributed by atoms with Gasteiger partial charge in [-0.05, 0) is 31.5 Å². The highest BCUT2D eigenvalue weighted by molar-refractivity contribution is 9.10. The van der Waals surface area contributed by atoms with E-state index in [2.05, 4.69) is 21.2 Å². The summed E-state index contributed by atoms with van der Waals surface area (Å²) in [5.41, 5.74) is 1.54. The normalized spacial score (nSPS) is 21.3. The molecule has 1 saturated heterocycles. The maximum Gasteiger partial charge on any atom is 0.249 e. The Labute approximate surface area is 119 Å². The molecule has 2 rings (SSSR count). The van der Waals surface area contributed by atoms with Gasteiger partial charge in [-0.25, -0.2) is 0 Å². The van der Waals surface area contributed by atoms with Gasteiger partial charge in [0.15, 0.2) is 0 Å². The largest absolute Gasteiger partial charge is 0.389 e. The van der Waals surface area contributed by atoms with E-state index in [4.69, 9.17) is 0 Å². The summed E-state index contributed by atoms with van der Waals surface area (Å²) in [7, 11) is 0. The van der Waals surface area contributed by atoms with Crippen molar-refractivity contribution >= 4 is 33.4 Å². The molecule has 1 heterocycles. The fourth-order valence-corrected chi connectivity index (χ4v) is 2.76. The van der Waals surface area contributed by atoms with Crippen LogP contribution in [0.1, 0.15) is 25.5 Å². The van der Waals surface area contributed by atoms with Gasteiger partial charge in [0.1, 0.15) is 6.04 Å². The second kappa shape index (κ2) is 5.30. The molecule has 1 aliphatic rings. The van der Waals surface area contributed by atoms with Crippen LogP contribution in [-0.2, 0) is 9.59 Å². The third kappa shape index (κ3) is 2.79. The lowest BCUT2D eigenvalue weighted by molar-refractivity contribution is -0.132. The number of imide groups is 1. The summed E-state index contributed by atoms with van der Waals surface area (Å²) in [5.74, 6) is -0.606. The maximum atomic E-state index is 11.6. The molecule has 2 atom stereocenters. The molecule has 102 valence electrons. The van der Waals surface area contributed by atoms with E-state index in [1.54, 1.807) is 30.9 Å². The van der Waals surface area contributed by atoms with Crippen LogP contribution in [0, 0.1) is 0 Å². The molecule has 0 spiro atoms. The summed E-state index contributed by atoms with van der Waals surface area (Å²) in [6, 6.07) is 5.00. The molecule has 1 aromatic rings. The molecular weight excluding hydrogens is 312 g/mol. The Morgan fingerprint density at radius 1 is 1.47 bits per heavy atom. The molecule has 2 N–H and O–H groups in total. The van der Waals surface area contributed by atoms with Crippen LogP contribution >= 0.6 is 15.9 Å². The molecule has 1 fully saturated rings. The minimum Gasteiger partial charge on any atom is -0.389 e. The minimum absolute atomic E-state index is 0.146. The Balaban J connectivity index is 2.33. The van der Waals surface area contributed by atoms with Crippen molar-refractivity contribution < 1.29 is 14.7 Å². The van der Waals surface area contributed by atoms with Gasteiger partial charge < -0.3 is 10.0 Å². The fourth-order valence-electron chi connectivity index (χ4n) is 2.06. The van der Waals surface area contributed by atoms with E-state index in [0.29, 0.717) is 0 Å². The number of aliphatic hydroxyl groups excluding tert-OH is 1. The molecule has 0 aromatic heterocycles. The maximum absolute atomic E-state index is 11.6. The highest BCUT2D eigenvalue weighted by atomic mass is 79.9. The molecule has 0 radical (unpaired) electrons. The number of nitrogens with one attached hydrogen (secondary N) is 1. The van der Waals surface area contributed by atoms with Crippen molar-refractivity contribution in [2.75, 3.05) is 11.4 Å². The molecule has 1 aromatic carbocycles. The van der Waals surface area contributed by atoms with Crippen molar-refractivity contribution in [1.82, 2.24) is 5.32 Å². The first kappa shape index (κ1) is 14.0. The molecule has 2 amide bonds. The Morgan fingerprint density at radius 3 is 2.74 bits per heavy atom. The Hall–Kier alpha value is -1.40. The molecule has 0 saturated carbocycles. The third-order valence-electron chi connectivity index (χ3n) is 3.19. The van der Waals surface area contributed by atoms with E-state index in [0.717, 1.165) is 15.7 Å². The van der Waals surface area contributed by atoms with Crippen molar-refractivity contribution in [3.63, 3.8) is 0 Å². The van der Waals surface area contributed by atoms with Crippen LogP contribution < -0.4 is 10.2 Å². The zero-order valence-electron chi connectivity index (χ0n) is 10.7. The van der Waals surface area contributed by atoms with Gasteiger partial charge in [0.25, 0.3) is 0 Å². The number of carbonyl (C=O) groups excluding carboxylic acids is 2. The first-order chi connectivity index (χ1) is 8.90. The molecule has 6 heteroatoms. The molecule has 0 bridgehead atoms. The number of nitrogens with zero attached hydrogens (tertiary/aromatic N) is 1. The van der Waals surface area contributed by atoms with E-state index < -0.39 is 12.1 Å². The number of anilines is 1. The molecule has 2 unspecified atom stereocenters. The van der Waals surface area contributed by atoms with Crippen LogP contribution in [-0.4, -0.2) is 29.5 Å². The van der Waals surface area contributed by atoms with E-state index in [-0.39, 0.29) is 18.4 Å². The summed E-state index contributed by atoms with van der Waals surface area (Å²) in [6.45, 7) is 3.58. The number of halogens is 1. The van der Waals surface area contributed by atoms with Gasteiger partial charge in [-0.15, -0.1) is 0 Å². The quantitative estimate of drug-likeness (QED) is 0.805. The van der Waals surface area contributed by atoms with E-state index in [1.807, 2.05) is 6.07 Å². The Bertz CT molecular complexity index is 531. The van der Waals surface area contributed by atoms with Gasteiger partial charge in [0, 0.05) is 10.2 Å². The van der Waals surface area contributed by atoms with E-state index in [1.165, 1.54) is 0 Å². The van der Waals surface area contributed by atoms with Crippen molar-refractivity contribution in [3.05, 3.63) is 28.2 Å². The Kier molecular flexibility index (Phi) is 3.91. The second-order valence-electron chi connectivity index (χ2n) is 4.60. The van der Waals surface area contributed by atoms with E-state index >= 15 is 0 Å². The molecule has 19 heavy (non-hydrogen) atoms. The van der Waals surface area contributed by atoms with Gasteiger partial charge in [0.05, 0.1) is 12.6 Å².